The van der Waals surface area contributed by atoms with E-state index in [1.807, 2.05) is 19.9 Å². The molecular formula is C17H26N4O2. The van der Waals surface area contributed by atoms with Crippen LogP contribution in [0.4, 0.5) is 10.5 Å². The second kappa shape index (κ2) is 7.46. The van der Waals surface area contributed by atoms with Gasteiger partial charge in [-0.25, -0.2) is 4.79 Å². The van der Waals surface area contributed by atoms with Crippen LogP contribution in [0.2, 0.25) is 0 Å². The molecule has 0 radical (unpaired) electrons. The number of hydrogen-bond acceptors (Lipinski definition) is 3. The van der Waals surface area contributed by atoms with Crippen LogP contribution in [0.1, 0.15) is 43.5 Å². The number of urea groups is 1. The van der Waals surface area contributed by atoms with Crippen molar-refractivity contribution in [2.24, 2.45) is 5.73 Å². The number of amides is 3. The van der Waals surface area contributed by atoms with Gasteiger partial charge in [-0.05, 0) is 37.5 Å². The zero-order chi connectivity index (χ0) is 16.9. The van der Waals surface area contributed by atoms with E-state index < -0.39 is 0 Å². The number of anilines is 1. The summed E-state index contributed by atoms with van der Waals surface area (Å²) in [7, 11) is 0. The van der Waals surface area contributed by atoms with Crippen molar-refractivity contribution >= 4 is 17.6 Å². The Morgan fingerprint density at radius 1 is 1.39 bits per heavy atom. The molecule has 1 aromatic carbocycles. The van der Waals surface area contributed by atoms with Crippen LogP contribution in [0.5, 0.6) is 0 Å². The molecule has 3 amide bonds. The van der Waals surface area contributed by atoms with Gasteiger partial charge < -0.3 is 16.4 Å². The molecule has 1 aliphatic heterocycles. The predicted octanol–water partition coefficient (Wildman–Crippen LogP) is 1.85. The van der Waals surface area contributed by atoms with Crippen molar-refractivity contribution < 1.29 is 9.59 Å². The molecule has 0 atom stereocenters. The summed E-state index contributed by atoms with van der Waals surface area (Å²) in [5, 5.41) is 5.71. The first-order valence-corrected chi connectivity index (χ1v) is 8.21. The van der Waals surface area contributed by atoms with Crippen LogP contribution in [-0.2, 0) is 0 Å². The molecule has 1 saturated heterocycles. The minimum absolute atomic E-state index is 0.119. The van der Waals surface area contributed by atoms with Crippen molar-refractivity contribution in [1.82, 2.24) is 10.6 Å². The third kappa shape index (κ3) is 4.22. The quantitative estimate of drug-likeness (QED) is 0.748. The minimum Gasteiger partial charge on any atom is -0.350 e. The molecule has 0 bridgehead atoms. The van der Waals surface area contributed by atoms with Gasteiger partial charge in [0, 0.05) is 36.4 Å². The predicted molar refractivity (Wildman–Crippen MR) is 91.6 cm³/mol. The second-order valence-electron chi connectivity index (χ2n) is 6.04. The van der Waals surface area contributed by atoms with Crippen molar-refractivity contribution in [2.45, 2.75) is 38.6 Å². The molecule has 1 aliphatic rings. The molecule has 126 valence electrons. The molecule has 0 saturated carbocycles. The smallest absolute Gasteiger partial charge is 0.321 e. The third-order valence-electron chi connectivity index (χ3n) is 4.51. The summed E-state index contributed by atoms with van der Waals surface area (Å²) in [6.45, 7) is 5.83. The van der Waals surface area contributed by atoms with Gasteiger partial charge in [-0.1, -0.05) is 19.9 Å². The van der Waals surface area contributed by atoms with Crippen LogP contribution in [0, 0.1) is 0 Å². The summed E-state index contributed by atoms with van der Waals surface area (Å²) in [6, 6.07) is 7.01. The number of nitrogens with one attached hydrogen (secondary N) is 2. The summed E-state index contributed by atoms with van der Waals surface area (Å²) in [6.07, 6.45) is 2.50. The van der Waals surface area contributed by atoms with E-state index in [1.165, 1.54) is 0 Å². The Bertz CT molecular complexity index is 569. The van der Waals surface area contributed by atoms with Crippen molar-refractivity contribution in [2.75, 3.05) is 24.5 Å². The lowest BCUT2D eigenvalue weighted by Crippen LogP contribution is -2.49. The summed E-state index contributed by atoms with van der Waals surface area (Å²) in [5.41, 5.74) is 7.11. The summed E-state index contributed by atoms with van der Waals surface area (Å²) in [5.74, 6) is -0.166. The van der Waals surface area contributed by atoms with Gasteiger partial charge in [0.05, 0.1) is 0 Å². The van der Waals surface area contributed by atoms with E-state index in [1.54, 1.807) is 23.1 Å². The van der Waals surface area contributed by atoms with E-state index in [4.69, 9.17) is 5.73 Å². The van der Waals surface area contributed by atoms with Crippen molar-refractivity contribution in [1.29, 1.82) is 0 Å². The van der Waals surface area contributed by atoms with Crippen LogP contribution in [0.15, 0.2) is 24.3 Å². The van der Waals surface area contributed by atoms with Crippen LogP contribution in [-0.4, -0.2) is 37.1 Å². The van der Waals surface area contributed by atoms with Crippen molar-refractivity contribution in [3.8, 4) is 0 Å². The molecule has 1 heterocycles. The highest BCUT2D eigenvalue weighted by molar-refractivity contribution is 5.97. The monoisotopic (exact) mass is 318 g/mol. The maximum absolute atomic E-state index is 12.4. The van der Waals surface area contributed by atoms with Crippen molar-refractivity contribution in [3.63, 3.8) is 0 Å². The number of nitrogens with zero attached hydrogens (tertiary/aromatic N) is 1. The molecule has 0 unspecified atom stereocenters. The molecule has 1 aromatic rings. The highest BCUT2D eigenvalue weighted by Crippen LogP contribution is 2.18. The minimum atomic E-state index is -0.375. The lowest BCUT2D eigenvalue weighted by Gasteiger charge is -2.28. The maximum Gasteiger partial charge on any atom is 0.321 e. The van der Waals surface area contributed by atoms with Crippen LogP contribution < -0.4 is 21.3 Å². The first kappa shape index (κ1) is 17.3. The molecule has 23 heavy (non-hydrogen) atoms. The number of nitrogens with two attached hydrogens (primary N) is 1. The lowest BCUT2D eigenvalue weighted by molar-refractivity contribution is 0.0942. The standard InChI is InChI=1S/C17H26N4O2/c1-3-17(18,4-2)12-20-15(22)13-7-5-8-14(11-13)21-10-6-9-19-16(21)23/h5,7-8,11H,3-4,6,9-10,12,18H2,1-2H3,(H,19,23)(H,20,22). The molecule has 4 N–H and O–H groups in total. The Morgan fingerprint density at radius 3 is 2.78 bits per heavy atom. The lowest BCUT2D eigenvalue weighted by atomic mass is 9.94. The Hall–Kier alpha value is -2.08. The third-order valence-corrected chi connectivity index (χ3v) is 4.51. The van der Waals surface area contributed by atoms with E-state index in [0.29, 0.717) is 25.2 Å². The number of carbonyl (C=O) groups excluding carboxylic acids is 2. The highest BCUT2D eigenvalue weighted by atomic mass is 16.2. The Morgan fingerprint density at radius 2 is 2.13 bits per heavy atom. The summed E-state index contributed by atoms with van der Waals surface area (Å²) >= 11 is 0. The largest absolute Gasteiger partial charge is 0.350 e. The Kier molecular flexibility index (Phi) is 5.60. The molecule has 0 spiro atoms. The highest BCUT2D eigenvalue weighted by Gasteiger charge is 2.22. The first-order valence-electron chi connectivity index (χ1n) is 8.21. The van der Waals surface area contributed by atoms with E-state index >= 15 is 0 Å². The van der Waals surface area contributed by atoms with E-state index in [2.05, 4.69) is 10.6 Å². The van der Waals surface area contributed by atoms with Gasteiger partial charge in [-0.15, -0.1) is 0 Å². The van der Waals surface area contributed by atoms with Gasteiger partial charge >= 0.3 is 6.03 Å². The molecule has 6 heteroatoms. The van der Waals surface area contributed by atoms with Gasteiger partial charge in [0.15, 0.2) is 0 Å². The average molecular weight is 318 g/mol. The van der Waals surface area contributed by atoms with Gasteiger partial charge in [0.1, 0.15) is 0 Å². The van der Waals surface area contributed by atoms with Gasteiger partial charge in [-0.2, -0.15) is 0 Å². The molecule has 2 rings (SSSR count). The number of carbonyl (C=O) groups is 2. The van der Waals surface area contributed by atoms with Gasteiger partial charge in [0.2, 0.25) is 0 Å². The fourth-order valence-corrected chi connectivity index (χ4v) is 2.55. The van der Waals surface area contributed by atoms with Gasteiger partial charge in [0.25, 0.3) is 5.91 Å². The SMILES string of the molecule is CCC(N)(CC)CNC(=O)c1cccc(N2CCCNC2=O)c1. The molecular weight excluding hydrogens is 292 g/mol. The normalized spacial score (nSPS) is 15.3. The molecule has 1 fully saturated rings. The van der Waals surface area contributed by atoms with Crippen LogP contribution >= 0.6 is 0 Å². The molecule has 0 aromatic heterocycles. The second-order valence-corrected chi connectivity index (χ2v) is 6.04. The topological polar surface area (TPSA) is 87.5 Å². The van der Waals surface area contributed by atoms with E-state index in [9.17, 15) is 9.59 Å². The maximum atomic E-state index is 12.4. The van der Waals surface area contributed by atoms with Crippen LogP contribution in [0.3, 0.4) is 0 Å². The Balaban J connectivity index is 2.07. The van der Waals surface area contributed by atoms with Crippen LogP contribution in [0.25, 0.3) is 0 Å². The fraction of sp³-hybridized carbons (Fsp3) is 0.529. The summed E-state index contributed by atoms with van der Waals surface area (Å²) in [4.78, 5) is 25.9. The zero-order valence-electron chi connectivity index (χ0n) is 13.9. The summed E-state index contributed by atoms with van der Waals surface area (Å²) < 4.78 is 0. The van der Waals surface area contributed by atoms with Gasteiger partial charge in [-0.3, -0.25) is 9.69 Å². The Labute approximate surface area is 137 Å². The molecule has 6 nitrogen and oxygen atoms in total. The number of rotatable bonds is 6. The number of benzene rings is 1. The zero-order valence-corrected chi connectivity index (χ0v) is 13.9. The van der Waals surface area contributed by atoms with E-state index in [-0.39, 0.29) is 17.5 Å². The van der Waals surface area contributed by atoms with E-state index in [0.717, 1.165) is 24.9 Å². The van der Waals surface area contributed by atoms with Crippen molar-refractivity contribution in [3.05, 3.63) is 29.8 Å². The first-order chi connectivity index (χ1) is 11.0. The number of hydrogen-bond donors (Lipinski definition) is 3. The molecule has 0 aliphatic carbocycles. The average Bonchev–Trinajstić information content (AvgIpc) is 2.60. The fourth-order valence-electron chi connectivity index (χ4n) is 2.55.